The highest BCUT2D eigenvalue weighted by Crippen LogP contribution is 2.29. The van der Waals surface area contributed by atoms with Gasteiger partial charge in [-0.25, -0.2) is 9.78 Å². The van der Waals surface area contributed by atoms with Crippen LogP contribution in [-0.2, 0) is 27.9 Å². The summed E-state index contributed by atoms with van der Waals surface area (Å²) in [6, 6.07) is -0.356. The molecule has 0 spiro atoms. The van der Waals surface area contributed by atoms with Gasteiger partial charge < -0.3 is 10.1 Å². The minimum Gasteiger partial charge on any atom is -0.383 e. The molecule has 1 aromatic heterocycles. The number of hydrogen-bond acceptors (Lipinski definition) is 6. The monoisotopic (exact) mass is 363 g/mol. The van der Waals surface area contributed by atoms with Crippen molar-refractivity contribution in [1.29, 1.82) is 0 Å². The van der Waals surface area contributed by atoms with E-state index >= 15 is 0 Å². The Labute approximate surface area is 139 Å². The molecule has 0 fully saturated rings. The van der Waals surface area contributed by atoms with Gasteiger partial charge in [0.15, 0.2) is 5.13 Å². The summed E-state index contributed by atoms with van der Waals surface area (Å²) in [4.78, 5) is 16.9. The van der Waals surface area contributed by atoms with Gasteiger partial charge in [-0.1, -0.05) is 11.3 Å². The molecule has 0 aliphatic carbocycles. The van der Waals surface area contributed by atoms with Crippen LogP contribution in [0, 0.1) is 0 Å². The van der Waals surface area contributed by atoms with E-state index in [1.807, 2.05) is 0 Å². The number of thiazole rings is 1. The van der Waals surface area contributed by atoms with Gasteiger partial charge in [0.05, 0.1) is 18.8 Å². The number of nitrogens with zero attached hydrogens (tertiary/aromatic N) is 3. The van der Waals surface area contributed by atoms with Gasteiger partial charge in [-0.15, -0.1) is 0 Å². The van der Waals surface area contributed by atoms with Crippen LogP contribution >= 0.6 is 11.3 Å². The summed E-state index contributed by atoms with van der Waals surface area (Å²) in [5, 5.41) is 5.76. The van der Waals surface area contributed by atoms with Gasteiger partial charge >= 0.3 is 6.03 Å². The Hall–Kier alpha value is -1.27. The number of hydrogen-bond donors (Lipinski definition) is 2. The molecule has 130 valence electrons. The van der Waals surface area contributed by atoms with E-state index in [-0.39, 0.29) is 12.6 Å². The Morgan fingerprint density at radius 2 is 2.22 bits per heavy atom. The Morgan fingerprint density at radius 3 is 2.87 bits per heavy atom. The zero-order chi connectivity index (χ0) is 17.0. The molecule has 1 aliphatic heterocycles. The minimum absolute atomic E-state index is 0.278. The third-order valence-corrected chi connectivity index (χ3v) is 6.18. The Morgan fingerprint density at radius 1 is 1.48 bits per heavy atom. The lowest BCUT2D eigenvalue weighted by atomic mass is 10.2. The van der Waals surface area contributed by atoms with Gasteiger partial charge in [-0.05, 0) is 0 Å². The number of fused-ring (bicyclic) bond motifs is 1. The van der Waals surface area contributed by atoms with E-state index in [1.54, 1.807) is 7.11 Å². The van der Waals surface area contributed by atoms with Crippen molar-refractivity contribution in [2.45, 2.75) is 13.0 Å². The van der Waals surface area contributed by atoms with Crippen molar-refractivity contribution in [2.75, 3.05) is 46.2 Å². The van der Waals surface area contributed by atoms with Gasteiger partial charge in [0.1, 0.15) is 0 Å². The van der Waals surface area contributed by atoms with Gasteiger partial charge in [0, 0.05) is 45.6 Å². The minimum atomic E-state index is -3.44. The highest BCUT2D eigenvalue weighted by molar-refractivity contribution is 7.86. The van der Waals surface area contributed by atoms with E-state index in [2.05, 4.69) is 15.6 Å². The van der Waals surface area contributed by atoms with Crippen LogP contribution in [0.4, 0.5) is 9.93 Å². The predicted octanol–water partition coefficient (Wildman–Crippen LogP) is 0.0755. The summed E-state index contributed by atoms with van der Waals surface area (Å²) in [5.74, 6) is 0. The third-order valence-electron chi connectivity index (χ3n) is 3.30. The van der Waals surface area contributed by atoms with E-state index < -0.39 is 10.2 Å². The molecule has 2 heterocycles. The lowest BCUT2D eigenvalue weighted by Crippen LogP contribution is -2.42. The second-order valence-corrected chi connectivity index (χ2v) is 8.36. The lowest BCUT2D eigenvalue weighted by Gasteiger charge is -2.27. The topological polar surface area (TPSA) is 104 Å². The Kier molecular flexibility index (Phi) is 5.92. The largest absolute Gasteiger partial charge is 0.383 e. The first kappa shape index (κ1) is 18.1. The number of aromatic nitrogens is 1. The normalized spacial score (nSPS) is 15.5. The van der Waals surface area contributed by atoms with Gasteiger partial charge in [-0.3, -0.25) is 5.32 Å². The van der Waals surface area contributed by atoms with Crippen molar-refractivity contribution in [2.24, 2.45) is 0 Å². The van der Waals surface area contributed by atoms with E-state index in [9.17, 15) is 13.2 Å². The summed E-state index contributed by atoms with van der Waals surface area (Å²) in [7, 11) is 1.14. The number of anilines is 1. The number of amides is 2. The quantitative estimate of drug-likeness (QED) is 0.697. The van der Waals surface area contributed by atoms with E-state index in [4.69, 9.17) is 4.74 Å². The smallest absolute Gasteiger partial charge is 0.321 e. The molecule has 23 heavy (non-hydrogen) atoms. The third kappa shape index (κ3) is 4.38. The van der Waals surface area contributed by atoms with E-state index in [0.29, 0.717) is 31.2 Å². The van der Waals surface area contributed by atoms with E-state index in [1.165, 1.54) is 34.0 Å². The first-order valence-corrected chi connectivity index (χ1v) is 9.26. The fraction of sp³-hybridized carbons (Fsp3) is 0.667. The van der Waals surface area contributed by atoms with Crippen LogP contribution in [0.25, 0.3) is 0 Å². The number of carbonyl (C=O) groups is 1. The van der Waals surface area contributed by atoms with Crippen molar-refractivity contribution >= 4 is 32.7 Å². The van der Waals surface area contributed by atoms with Crippen LogP contribution < -0.4 is 10.6 Å². The van der Waals surface area contributed by atoms with Gasteiger partial charge in [0.25, 0.3) is 10.2 Å². The molecular formula is C12H21N5O4S2. The van der Waals surface area contributed by atoms with Gasteiger partial charge in [0.2, 0.25) is 0 Å². The average molecular weight is 363 g/mol. The molecule has 0 radical (unpaired) electrons. The van der Waals surface area contributed by atoms with Crippen molar-refractivity contribution in [3.8, 4) is 0 Å². The first-order chi connectivity index (χ1) is 10.8. The molecule has 1 aliphatic rings. The summed E-state index contributed by atoms with van der Waals surface area (Å²) in [6.07, 6.45) is 0.534. The molecule has 0 aromatic carbocycles. The first-order valence-electron chi connectivity index (χ1n) is 7.04. The second-order valence-electron chi connectivity index (χ2n) is 5.14. The SMILES string of the molecule is COCCNC(=O)Nc1nc2c(s1)CN(S(=O)(=O)N(C)C)CC2. The standard InChI is InChI=1S/C12H21N5O4S2/c1-16(2)23(19,20)17-6-4-9-10(8-17)22-12(14-9)15-11(18)13-5-7-21-3/h4-8H2,1-3H3,(H2,13,14,15,18). The molecule has 0 bridgehead atoms. The van der Waals surface area contributed by atoms with Crippen molar-refractivity contribution in [3.05, 3.63) is 10.6 Å². The number of urea groups is 1. The maximum atomic E-state index is 12.2. The molecule has 2 amide bonds. The maximum Gasteiger partial charge on any atom is 0.321 e. The highest BCUT2D eigenvalue weighted by atomic mass is 32.2. The molecule has 0 saturated heterocycles. The van der Waals surface area contributed by atoms with Crippen LogP contribution in [0.1, 0.15) is 10.6 Å². The molecule has 0 saturated carbocycles. The van der Waals surface area contributed by atoms with Crippen LogP contribution in [0.5, 0.6) is 0 Å². The van der Waals surface area contributed by atoms with Gasteiger partial charge in [-0.2, -0.15) is 17.0 Å². The molecule has 2 rings (SSSR count). The lowest BCUT2D eigenvalue weighted by molar-refractivity contribution is 0.198. The Balaban J connectivity index is 2.00. The van der Waals surface area contributed by atoms with Crippen molar-refractivity contribution in [3.63, 3.8) is 0 Å². The van der Waals surface area contributed by atoms with Crippen LogP contribution in [0.3, 0.4) is 0 Å². The molecule has 2 N–H and O–H groups in total. The van der Waals surface area contributed by atoms with Crippen molar-refractivity contribution in [1.82, 2.24) is 18.9 Å². The zero-order valence-corrected chi connectivity index (χ0v) is 15.0. The van der Waals surface area contributed by atoms with E-state index in [0.717, 1.165) is 10.6 Å². The second kappa shape index (κ2) is 7.53. The van der Waals surface area contributed by atoms with Crippen LogP contribution in [0.2, 0.25) is 0 Å². The molecule has 11 heteroatoms. The zero-order valence-electron chi connectivity index (χ0n) is 13.3. The number of rotatable bonds is 6. The number of nitrogens with one attached hydrogen (secondary N) is 2. The van der Waals surface area contributed by atoms with Crippen LogP contribution in [0.15, 0.2) is 0 Å². The number of carbonyl (C=O) groups excluding carboxylic acids is 1. The van der Waals surface area contributed by atoms with Crippen LogP contribution in [-0.4, -0.2) is 68.9 Å². The fourth-order valence-electron chi connectivity index (χ4n) is 2.06. The van der Waals surface area contributed by atoms with Crippen molar-refractivity contribution < 1.29 is 17.9 Å². The number of ether oxygens (including phenoxy) is 1. The highest BCUT2D eigenvalue weighted by Gasteiger charge is 2.30. The summed E-state index contributed by atoms with van der Waals surface area (Å²) < 4.78 is 31.8. The molecule has 0 unspecified atom stereocenters. The summed E-state index contributed by atoms with van der Waals surface area (Å²) in [5.41, 5.74) is 0.840. The molecule has 0 atom stereocenters. The summed E-state index contributed by atoms with van der Waals surface area (Å²) in [6.45, 7) is 1.50. The summed E-state index contributed by atoms with van der Waals surface area (Å²) >= 11 is 1.30. The Bertz CT molecular complexity index is 658. The average Bonchev–Trinajstić information content (AvgIpc) is 2.88. The molecular weight excluding hydrogens is 342 g/mol. The molecule has 9 nitrogen and oxygen atoms in total. The fourth-order valence-corrected chi connectivity index (χ4v) is 4.24. The maximum absolute atomic E-state index is 12.2. The predicted molar refractivity (Wildman–Crippen MR) is 87.7 cm³/mol. The number of methoxy groups -OCH3 is 1. The molecule has 1 aromatic rings.